The number of benzene rings is 1. The third-order valence-corrected chi connectivity index (χ3v) is 3.72. The lowest BCUT2D eigenvalue weighted by atomic mass is 10.1. The van der Waals surface area contributed by atoms with Crippen LogP contribution in [0.4, 0.5) is 0 Å². The molecule has 6 heteroatoms. The number of ether oxygens (including phenoxy) is 1. The van der Waals surface area contributed by atoms with Gasteiger partial charge in [-0.15, -0.1) is 12.4 Å². The third kappa shape index (κ3) is 5.18. The zero-order valence-corrected chi connectivity index (χ0v) is 15.3. The van der Waals surface area contributed by atoms with Gasteiger partial charge in [-0.3, -0.25) is 4.98 Å². The minimum absolute atomic E-state index is 0. The van der Waals surface area contributed by atoms with Gasteiger partial charge in [0.15, 0.2) is 0 Å². The Hall–Kier alpha value is -2.63. The van der Waals surface area contributed by atoms with Crippen LogP contribution in [0.1, 0.15) is 28.6 Å². The number of carbonyl (C=O) groups excluding carboxylic acids is 1. The lowest BCUT2D eigenvalue weighted by Crippen LogP contribution is -2.11. The van der Waals surface area contributed by atoms with Crippen LogP contribution in [-0.4, -0.2) is 17.6 Å². The lowest BCUT2D eigenvalue weighted by molar-refractivity contribution is 0.0526. The van der Waals surface area contributed by atoms with E-state index < -0.39 is 0 Å². The van der Waals surface area contributed by atoms with Gasteiger partial charge in [-0.1, -0.05) is 12.1 Å². The molecule has 0 aliphatic carbocycles. The van der Waals surface area contributed by atoms with Gasteiger partial charge < -0.3 is 14.5 Å². The topological polar surface area (TPSA) is 64.4 Å². The van der Waals surface area contributed by atoms with Gasteiger partial charge >= 0.3 is 5.97 Å². The van der Waals surface area contributed by atoms with Gasteiger partial charge in [0.25, 0.3) is 0 Å². The van der Waals surface area contributed by atoms with E-state index in [0.717, 1.165) is 23.6 Å². The van der Waals surface area contributed by atoms with E-state index in [2.05, 4.69) is 10.3 Å². The second kappa shape index (κ2) is 9.75. The summed E-state index contributed by atoms with van der Waals surface area (Å²) < 4.78 is 10.8. The monoisotopic (exact) mass is 372 g/mol. The minimum atomic E-state index is -0.311. The second-order valence-electron chi connectivity index (χ2n) is 5.52. The van der Waals surface area contributed by atoms with E-state index in [1.54, 1.807) is 31.5 Å². The number of pyridine rings is 1. The van der Waals surface area contributed by atoms with Gasteiger partial charge in [-0.05, 0) is 48.9 Å². The van der Waals surface area contributed by atoms with Crippen LogP contribution in [0.5, 0.6) is 0 Å². The molecule has 0 radical (unpaired) electrons. The number of furan rings is 1. The van der Waals surface area contributed by atoms with E-state index in [-0.39, 0.29) is 18.4 Å². The number of hydrogen-bond acceptors (Lipinski definition) is 5. The number of halogens is 1. The van der Waals surface area contributed by atoms with E-state index in [0.29, 0.717) is 18.7 Å². The summed E-state index contributed by atoms with van der Waals surface area (Å²) in [6.45, 7) is 3.56. The highest BCUT2D eigenvalue weighted by Gasteiger charge is 2.08. The molecule has 0 unspecified atom stereocenters. The van der Waals surface area contributed by atoms with Gasteiger partial charge in [0.2, 0.25) is 0 Å². The van der Waals surface area contributed by atoms with E-state index in [9.17, 15) is 4.79 Å². The minimum Gasteiger partial charge on any atom is -0.462 e. The van der Waals surface area contributed by atoms with Crippen LogP contribution >= 0.6 is 12.4 Å². The van der Waals surface area contributed by atoms with Crippen molar-refractivity contribution in [1.29, 1.82) is 0 Å². The average molecular weight is 373 g/mol. The fourth-order valence-corrected chi connectivity index (χ4v) is 2.44. The van der Waals surface area contributed by atoms with Crippen LogP contribution in [-0.2, 0) is 17.8 Å². The summed E-state index contributed by atoms with van der Waals surface area (Å²) in [4.78, 5) is 15.7. The molecule has 0 amide bonds. The van der Waals surface area contributed by atoms with Crippen molar-refractivity contribution in [2.24, 2.45) is 0 Å². The summed E-state index contributed by atoms with van der Waals surface area (Å²) in [5, 5.41) is 3.34. The first-order chi connectivity index (χ1) is 12.3. The van der Waals surface area contributed by atoms with Crippen LogP contribution in [0.2, 0.25) is 0 Å². The molecule has 0 saturated carbocycles. The van der Waals surface area contributed by atoms with E-state index in [1.165, 1.54) is 5.56 Å². The summed E-state index contributed by atoms with van der Waals surface area (Å²) in [6, 6.07) is 15.1. The number of esters is 1. The molecule has 0 aliphatic heterocycles. The van der Waals surface area contributed by atoms with Gasteiger partial charge in [-0.2, -0.15) is 0 Å². The predicted octanol–water partition coefficient (Wildman–Crippen LogP) is 4.23. The smallest absolute Gasteiger partial charge is 0.338 e. The first-order valence-corrected chi connectivity index (χ1v) is 8.22. The molecule has 1 aromatic carbocycles. The molecule has 136 valence electrons. The van der Waals surface area contributed by atoms with Crippen molar-refractivity contribution in [2.75, 3.05) is 6.61 Å². The van der Waals surface area contributed by atoms with Crippen LogP contribution in [0, 0.1) is 0 Å². The highest BCUT2D eigenvalue weighted by atomic mass is 35.5. The van der Waals surface area contributed by atoms with Gasteiger partial charge in [0.05, 0.1) is 18.7 Å². The molecule has 5 nitrogen and oxygen atoms in total. The van der Waals surface area contributed by atoms with Crippen molar-refractivity contribution < 1.29 is 13.9 Å². The number of nitrogens with zero attached hydrogens (tertiary/aromatic N) is 1. The zero-order chi connectivity index (χ0) is 17.5. The normalized spacial score (nSPS) is 10.2. The molecule has 1 N–H and O–H groups in total. The highest BCUT2D eigenvalue weighted by molar-refractivity contribution is 5.89. The molecule has 0 fully saturated rings. The van der Waals surface area contributed by atoms with Crippen molar-refractivity contribution in [3.63, 3.8) is 0 Å². The maximum Gasteiger partial charge on any atom is 0.338 e. The third-order valence-electron chi connectivity index (χ3n) is 3.72. The molecule has 0 aliphatic rings. The molecule has 3 rings (SSSR count). The maximum absolute atomic E-state index is 11.7. The molecule has 26 heavy (non-hydrogen) atoms. The Kier molecular flexibility index (Phi) is 7.38. The maximum atomic E-state index is 11.7. The number of hydrogen-bond donors (Lipinski definition) is 1. The summed E-state index contributed by atoms with van der Waals surface area (Å²) in [6.07, 6.45) is 3.56. The standard InChI is InChI=1S/C20H20N2O3.ClH/c1-2-24-20(23)17-5-3-16(4-6-17)19-8-7-18(25-19)14-22-13-15-9-11-21-12-10-15;/h3-12,22H,2,13-14H2,1H3;1H. The largest absolute Gasteiger partial charge is 0.462 e. The Bertz CT molecular complexity index is 817. The Balaban J connectivity index is 0.00000243. The predicted molar refractivity (Wildman–Crippen MR) is 102 cm³/mol. The van der Waals surface area contributed by atoms with E-state index in [4.69, 9.17) is 9.15 Å². The molecule has 2 heterocycles. The van der Waals surface area contributed by atoms with Crippen molar-refractivity contribution >= 4 is 18.4 Å². The molecular weight excluding hydrogens is 352 g/mol. The molecule has 0 spiro atoms. The van der Waals surface area contributed by atoms with Crippen molar-refractivity contribution in [3.8, 4) is 11.3 Å². The number of carbonyl (C=O) groups is 1. The molecule has 2 aromatic heterocycles. The van der Waals surface area contributed by atoms with Gasteiger partial charge in [0, 0.05) is 24.5 Å². The summed E-state index contributed by atoms with van der Waals surface area (Å²) in [5.74, 6) is 1.32. The van der Waals surface area contributed by atoms with Crippen molar-refractivity contribution in [3.05, 3.63) is 77.8 Å². The summed E-state index contributed by atoms with van der Waals surface area (Å²) >= 11 is 0. The van der Waals surface area contributed by atoms with Crippen LogP contribution in [0.3, 0.4) is 0 Å². The SMILES string of the molecule is CCOC(=O)c1ccc(-c2ccc(CNCc3ccncc3)o2)cc1.Cl. The fraction of sp³-hybridized carbons (Fsp3) is 0.200. The van der Waals surface area contributed by atoms with Crippen molar-refractivity contribution in [1.82, 2.24) is 10.3 Å². The lowest BCUT2D eigenvalue weighted by Gasteiger charge is -2.03. The number of nitrogens with one attached hydrogen (secondary N) is 1. The molecule has 0 bridgehead atoms. The number of aromatic nitrogens is 1. The first-order valence-electron chi connectivity index (χ1n) is 8.22. The van der Waals surface area contributed by atoms with Gasteiger partial charge in [-0.25, -0.2) is 4.79 Å². The molecular formula is C20H21ClN2O3. The highest BCUT2D eigenvalue weighted by Crippen LogP contribution is 2.23. The fourth-order valence-electron chi connectivity index (χ4n) is 2.44. The van der Waals surface area contributed by atoms with E-state index >= 15 is 0 Å². The van der Waals surface area contributed by atoms with Crippen LogP contribution in [0.15, 0.2) is 65.3 Å². The average Bonchev–Trinajstić information content (AvgIpc) is 3.12. The quantitative estimate of drug-likeness (QED) is 0.629. The summed E-state index contributed by atoms with van der Waals surface area (Å²) in [7, 11) is 0. The second-order valence-corrected chi connectivity index (χ2v) is 5.52. The molecule has 0 atom stereocenters. The summed E-state index contributed by atoms with van der Waals surface area (Å²) in [5.41, 5.74) is 2.64. The van der Waals surface area contributed by atoms with Gasteiger partial charge in [0.1, 0.15) is 11.5 Å². The zero-order valence-electron chi connectivity index (χ0n) is 14.5. The Morgan fingerprint density at radius 2 is 1.77 bits per heavy atom. The van der Waals surface area contributed by atoms with Crippen LogP contribution < -0.4 is 5.32 Å². The molecule has 0 saturated heterocycles. The van der Waals surface area contributed by atoms with Crippen molar-refractivity contribution in [2.45, 2.75) is 20.0 Å². The van der Waals surface area contributed by atoms with E-state index in [1.807, 2.05) is 36.4 Å². The first kappa shape index (κ1) is 19.7. The Labute approximate surface area is 158 Å². The Morgan fingerprint density at radius 3 is 2.46 bits per heavy atom. The number of rotatable bonds is 7. The molecule has 3 aromatic rings. The Morgan fingerprint density at radius 1 is 1.04 bits per heavy atom. The van der Waals surface area contributed by atoms with Crippen LogP contribution in [0.25, 0.3) is 11.3 Å².